The van der Waals surface area contributed by atoms with Gasteiger partial charge in [-0.3, -0.25) is 14.6 Å². The molecule has 2 unspecified atom stereocenters. The Morgan fingerprint density at radius 1 is 1.09 bits per heavy atom. The Kier molecular flexibility index (Phi) is 7.75. The molecule has 0 bridgehead atoms. The van der Waals surface area contributed by atoms with Crippen LogP contribution in [0.5, 0.6) is 0 Å². The predicted octanol–water partition coefficient (Wildman–Crippen LogP) is 3.01. The number of aryl methyl sites for hydroxylation is 1. The van der Waals surface area contributed by atoms with Crippen LogP contribution in [0.15, 0.2) is 47.6 Å². The fourth-order valence-corrected chi connectivity index (χ4v) is 4.66. The minimum absolute atomic E-state index is 0.0239. The van der Waals surface area contributed by atoms with Crippen molar-refractivity contribution in [3.05, 3.63) is 70.3 Å². The molecule has 0 spiro atoms. The number of rotatable bonds is 7. The summed E-state index contributed by atoms with van der Waals surface area (Å²) < 4.78 is 5.10. The number of fused-ring (bicyclic) bond motifs is 1. The number of hydrogen-bond acceptors (Lipinski definition) is 7. The molecule has 0 saturated carbocycles. The van der Waals surface area contributed by atoms with E-state index in [2.05, 4.69) is 22.1 Å². The first-order valence-electron chi connectivity index (χ1n) is 12.1. The second-order valence-electron chi connectivity index (χ2n) is 9.20. The van der Waals surface area contributed by atoms with Crippen LogP contribution in [0, 0.1) is 5.92 Å². The van der Waals surface area contributed by atoms with Gasteiger partial charge in [0.25, 0.3) is 0 Å². The molecule has 2 N–H and O–H groups in total. The normalized spacial score (nSPS) is 20.9. The van der Waals surface area contributed by atoms with Crippen molar-refractivity contribution in [2.75, 3.05) is 39.8 Å². The Bertz CT molecular complexity index is 1040. The molecule has 2 aliphatic rings. The van der Waals surface area contributed by atoms with Gasteiger partial charge in [-0.2, -0.15) is 5.10 Å². The number of carbonyl (C=O) groups excluding carboxylic acids is 2. The van der Waals surface area contributed by atoms with Crippen LogP contribution in [0.4, 0.5) is 0 Å². The Morgan fingerprint density at radius 2 is 1.79 bits per heavy atom. The second kappa shape index (κ2) is 10.9. The second-order valence-corrected chi connectivity index (χ2v) is 9.20. The maximum atomic E-state index is 13.2. The van der Waals surface area contributed by atoms with Gasteiger partial charge in [0.15, 0.2) is 5.78 Å². The fourth-order valence-electron chi connectivity index (χ4n) is 4.66. The first-order valence-corrected chi connectivity index (χ1v) is 12.1. The smallest absolute Gasteiger partial charge is 0.306 e. The van der Waals surface area contributed by atoms with Gasteiger partial charge in [0, 0.05) is 43.3 Å². The van der Waals surface area contributed by atoms with Gasteiger partial charge in [-0.25, -0.2) is 0 Å². The third-order valence-electron chi connectivity index (χ3n) is 6.82. The molecule has 7 nitrogen and oxygen atoms in total. The molecule has 34 heavy (non-hydrogen) atoms. The van der Waals surface area contributed by atoms with Crippen LogP contribution in [0.3, 0.4) is 0 Å². The molecule has 1 heterocycles. The van der Waals surface area contributed by atoms with Crippen molar-refractivity contribution in [3.63, 3.8) is 0 Å². The lowest BCUT2D eigenvalue weighted by atomic mass is 9.77. The Balaban J connectivity index is 1.43. The molecule has 1 saturated heterocycles. The summed E-state index contributed by atoms with van der Waals surface area (Å²) in [7, 11) is 2.12. The standard InChI is InChI=1S/C27H34N4O3/c1-3-34-25(32)17-22-10-8-20-9-11-23(16-24(20)26(22)28)27(33)21-6-4-19(5-7-21)18-29-31-14-12-30(2)13-15-31/h4-7,9,11,16,18,22,26H,3,8,10,12-15,17,28H2,1-2H3. The number of nitrogens with two attached hydrogens (primary N) is 1. The highest BCUT2D eigenvalue weighted by Gasteiger charge is 2.29. The van der Waals surface area contributed by atoms with E-state index in [-0.39, 0.29) is 23.7 Å². The number of ether oxygens (including phenoxy) is 1. The van der Waals surface area contributed by atoms with Crippen molar-refractivity contribution >= 4 is 18.0 Å². The molecule has 1 aliphatic heterocycles. The largest absolute Gasteiger partial charge is 0.466 e. The van der Waals surface area contributed by atoms with Gasteiger partial charge in [-0.05, 0) is 55.5 Å². The predicted molar refractivity (Wildman–Crippen MR) is 133 cm³/mol. The third-order valence-corrected chi connectivity index (χ3v) is 6.82. The Hall–Kier alpha value is -3.03. The highest BCUT2D eigenvalue weighted by molar-refractivity contribution is 6.09. The number of carbonyl (C=O) groups is 2. The maximum Gasteiger partial charge on any atom is 0.306 e. The van der Waals surface area contributed by atoms with E-state index in [1.54, 1.807) is 6.92 Å². The van der Waals surface area contributed by atoms with E-state index in [1.807, 2.05) is 48.7 Å². The zero-order valence-corrected chi connectivity index (χ0v) is 20.1. The Labute approximate surface area is 201 Å². The van der Waals surface area contributed by atoms with E-state index in [0.717, 1.165) is 55.7 Å². The lowest BCUT2D eigenvalue weighted by molar-refractivity contribution is -0.144. The summed E-state index contributed by atoms with van der Waals surface area (Å²) in [5.74, 6) is -0.226. The van der Waals surface area contributed by atoms with Crippen LogP contribution in [0.1, 0.15) is 58.4 Å². The zero-order chi connectivity index (χ0) is 24.1. The highest BCUT2D eigenvalue weighted by Crippen LogP contribution is 2.35. The molecular formula is C27H34N4O3. The molecule has 2 aromatic rings. The highest BCUT2D eigenvalue weighted by atomic mass is 16.5. The van der Waals surface area contributed by atoms with Crippen molar-refractivity contribution in [2.24, 2.45) is 16.8 Å². The van der Waals surface area contributed by atoms with E-state index in [9.17, 15) is 9.59 Å². The van der Waals surface area contributed by atoms with Crippen molar-refractivity contribution in [2.45, 2.75) is 32.2 Å². The van der Waals surface area contributed by atoms with E-state index in [1.165, 1.54) is 0 Å². The molecule has 7 heteroatoms. The average Bonchev–Trinajstić information content (AvgIpc) is 2.85. The zero-order valence-electron chi connectivity index (χ0n) is 20.1. The molecule has 2 atom stereocenters. The van der Waals surface area contributed by atoms with Crippen molar-refractivity contribution in [1.82, 2.24) is 9.91 Å². The molecule has 0 radical (unpaired) electrons. The van der Waals surface area contributed by atoms with Gasteiger partial charge in [-0.15, -0.1) is 0 Å². The number of ketones is 1. The summed E-state index contributed by atoms with van der Waals surface area (Å²) >= 11 is 0. The lowest BCUT2D eigenvalue weighted by Gasteiger charge is -2.30. The van der Waals surface area contributed by atoms with Crippen LogP contribution < -0.4 is 5.73 Å². The van der Waals surface area contributed by atoms with Crippen molar-refractivity contribution in [1.29, 1.82) is 0 Å². The SMILES string of the molecule is CCOC(=O)CC1CCc2ccc(C(=O)c3ccc(C=NN4CCN(C)CC4)cc3)cc2C1N. The van der Waals surface area contributed by atoms with Gasteiger partial charge in [0.1, 0.15) is 0 Å². The summed E-state index contributed by atoms with van der Waals surface area (Å²) in [6.07, 6.45) is 3.85. The van der Waals surface area contributed by atoms with Gasteiger partial charge in [0.2, 0.25) is 0 Å². The third kappa shape index (κ3) is 5.72. The summed E-state index contributed by atoms with van der Waals surface area (Å²) in [5, 5.41) is 6.64. The molecular weight excluding hydrogens is 428 g/mol. The first kappa shape index (κ1) is 24.1. The van der Waals surface area contributed by atoms with E-state index < -0.39 is 0 Å². The average molecular weight is 463 g/mol. The van der Waals surface area contributed by atoms with Crippen LogP contribution in [0.2, 0.25) is 0 Å². The summed E-state index contributed by atoms with van der Waals surface area (Å²) in [6.45, 7) is 6.04. The number of hydrogen-bond donors (Lipinski definition) is 1. The summed E-state index contributed by atoms with van der Waals surface area (Å²) in [5.41, 5.74) is 10.8. The minimum atomic E-state index is -0.283. The summed E-state index contributed by atoms with van der Waals surface area (Å²) in [6, 6.07) is 13.0. The number of benzene rings is 2. The number of esters is 1. The molecule has 180 valence electrons. The molecule has 0 aromatic heterocycles. The van der Waals surface area contributed by atoms with Crippen LogP contribution in [-0.2, 0) is 16.0 Å². The summed E-state index contributed by atoms with van der Waals surface area (Å²) in [4.78, 5) is 27.4. The molecule has 2 aromatic carbocycles. The monoisotopic (exact) mass is 462 g/mol. The first-order chi connectivity index (χ1) is 16.4. The van der Waals surface area contributed by atoms with Crippen LogP contribution in [-0.4, -0.2) is 67.7 Å². The molecule has 1 fully saturated rings. The van der Waals surface area contributed by atoms with Crippen molar-refractivity contribution in [3.8, 4) is 0 Å². The fraction of sp³-hybridized carbons (Fsp3) is 0.444. The number of nitrogens with zero attached hydrogens (tertiary/aromatic N) is 3. The minimum Gasteiger partial charge on any atom is -0.466 e. The molecule has 1 aliphatic carbocycles. The van der Waals surface area contributed by atoms with E-state index in [4.69, 9.17) is 10.5 Å². The van der Waals surface area contributed by atoms with Gasteiger partial charge in [-0.1, -0.05) is 36.4 Å². The van der Waals surface area contributed by atoms with Crippen molar-refractivity contribution < 1.29 is 14.3 Å². The lowest BCUT2D eigenvalue weighted by Crippen LogP contribution is -2.41. The van der Waals surface area contributed by atoms with Gasteiger partial charge >= 0.3 is 5.97 Å². The Morgan fingerprint density at radius 3 is 2.50 bits per heavy atom. The number of hydrazone groups is 1. The van der Waals surface area contributed by atoms with E-state index >= 15 is 0 Å². The van der Waals surface area contributed by atoms with Gasteiger partial charge in [0.05, 0.1) is 19.2 Å². The molecule has 4 rings (SSSR count). The quantitative estimate of drug-likeness (QED) is 0.387. The number of piperazine rings is 1. The molecule has 0 amide bonds. The van der Waals surface area contributed by atoms with E-state index in [0.29, 0.717) is 24.2 Å². The van der Waals surface area contributed by atoms with Gasteiger partial charge < -0.3 is 15.4 Å². The van der Waals surface area contributed by atoms with Crippen LogP contribution in [0.25, 0.3) is 0 Å². The van der Waals surface area contributed by atoms with Crippen LogP contribution >= 0.6 is 0 Å². The topological polar surface area (TPSA) is 88.2 Å². The number of likely N-dealkylation sites (N-methyl/N-ethyl adjacent to an activating group) is 1. The maximum absolute atomic E-state index is 13.2.